The van der Waals surface area contributed by atoms with Crippen LogP contribution in [0.3, 0.4) is 0 Å². The summed E-state index contributed by atoms with van der Waals surface area (Å²) >= 11 is 5.99. The lowest BCUT2D eigenvalue weighted by atomic mass is 10.2. The number of hydrogen-bond donors (Lipinski definition) is 2. The van der Waals surface area contributed by atoms with Gasteiger partial charge in [0.25, 0.3) is 21.6 Å². The van der Waals surface area contributed by atoms with Crippen LogP contribution in [0.15, 0.2) is 77.7 Å². The molecule has 3 aromatic rings. The quantitative estimate of drug-likeness (QED) is 0.445. The normalized spacial score (nSPS) is 10.9. The molecule has 0 spiro atoms. The molecule has 3 rings (SSSR count). The van der Waals surface area contributed by atoms with E-state index in [1.807, 2.05) is 0 Å². The predicted octanol–water partition coefficient (Wildman–Crippen LogP) is 4.30. The Morgan fingerprint density at radius 2 is 1.69 bits per heavy atom. The van der Waals surface area contributed by atoms with Gasteiger partial charge in [0, 0.05) is 23.4 Å². The summed E-state index contributed by atoms with van der Waals surface area (Å²) in [6.07, 6.45) is 0. The molecule has 3 aromatic carbocycles. The maximum atomic E-state index is 12.5. The van der Waals surface area contributed by atoms with Crippen molar-refractivity contribution in [1.29, 1.82) is 0 Å². The van der Waals surface area contributed by atoms with E-state index in [4.69, 9.17) is 11.6 Å². The minimum atomic E-state index is -3.81. The maximum absolute atomic E-state index is 12.5. The molecule has 0 radical (unpaired) electrons. The zero-order valence-electron chi connectivity index (χ0n) is 14.7. The molecule has 10 heteroatoms. The number of nitro groups is 1. The molecule has 0 aliphatic carbocycles. The molecule has 8 nitrogen and oxygen atoms in total. The van der Waals surface area contributed by atoms with Crippen LogP contribution in [0.25, 0.3) is 0 Å². The smallest absolute Gasteiger partial charge is 0.271 e. The number of anilines is 2. The molecule has 0 saturated heterocycles. The largest absolute Gasteiger partial charge is 0.320 e. The molecule has 0 heterocycles. The zero-order chi connectivity index (χ0) is 21.0. The van der Waals surface area contributed by atoms with Crippen LogP contribution in [-0.2, 0) is 10.0 Å². The highest BCUT2D eigenvalue weighted by atomic mass is 35.5. The van der Waals surface area contributed by atoms with Gasteiger partial charge in [-0.2, -0.15) is 0 Å². The van der Waals surface area contributed by atoms with Gasteiger partial charge in [0.05, 0.1) is 20.5 Å². The number of nitrogens with one attached hydrogen (secondary N) is 2. The Hall–Kier alpha value is -3.43. The summed E-state index contributed by atoms with van der Waals surface area (Å²) in [7, 11) is -3.81. The van der Waals surface area contributed by atoms with Crippen molar-refractivity contribution in [2.75, 3.05) is 10.0 Å². The number of amides is 1. The van der Waals surface area contributed by atoms with Crippen LogP contribution in [0.1, 0.15) is 10.4 Å². The summed E-state index contributed by atoms with van der Waals surface area (Å²) < 4.78 is 27.3. The van der Waals surface area contributed by atoms with E-state index in [-0.39, 0.29) is 32.5 Å². The number of rotatable bonds is 6. The second-order valence-corrected chi connectivity index (χ2v) is 7.96. The first kappa shape index (κ1) is 20.3. The van der Waals surface area contributed by atoms with Crippen molar-refractivity contribution < 1.29 is 18.1 Å². The molecule has 0 aliphatic rings. The average molecular weight is 432 g/mol. The Morgan fingerprint density at radius 1 is 0.966 bits per heavy atom. The lowest BCUT2D eigenvalue weighted by molar-refractivity contribution is -0.384. The van der Waals surface area contributed by atoms with Crippen LogP contribution >= 0.6 is 11.6 Å². The van der Waals surface area contributed by atoms with Gasteiger partial charge < -0.3 is 5.32 Å². The van der Waals surface area contributed by atoms with E-state index in [0.717, 1.165) is 6.07 Å². The number of nitrogens with zero attached hydrogens (tertiary/aromatic N) is 1. The molecular formula is C19H14ClN3O5S. The number of carbonyl (C=O) groups is 1. The summed E-state index contributed by atoms with van der Waals surface area (Å²) in [6, 6.07) is 17.3. The molecular weight excluding hydrogens is 418 g/mol. The van der Waals surface area contributed by atoms with Crippen molar-refractivity contribution in [2.24, 2.45) is 0 Å². The first-order valence-electron chi connectivity index (χ1n) is 8.19. The number of benzene rings is 3. The number of hydrogen-bond acceptors (Lipinski definition) is 5. The fourth-order valence-corrected chi connectivity index (χ4v) is 3.69. The van der Waals surface area contributed by atoms with Gasteiger partial charge in [-0.25, -0.2) is 8.42 Å². The maximum Gasteiger partial charge on any atom is 0.271 e. The Bertz CT molecular complexity index is 1180. The average Bonchev–Trinajstić information content (AvgIpc) is 2.70. The van der Waals surface area contributed by atoms with E-state index >= 15 is 0 Å². The van der Waals surface area contributed by atoms with Gasteiger partial charge in [-0.3, -0.25) is 19.6 Å². The predicted molar refractivity (Wildman–Crippen MR) is 110 cm³/mol. The molecule has 0 fully saturated rings. The van der Waals surface area contributed by atoms with Crippen molar-refractivity contribution in [1.82, 2.24) is 0 Å². The van der Waals surface area contributed by atoms with E-state index in [2.05, 4.69) is 10.0 Å². The number of carbonyl (C=O) groups excluding carboxylic acids is 1. The van der Waals surface area contributed by atoms with Crippen LogP contribution in [0.2, 0.25) is 5.02 Å². The summed E-state index contributed by atoms with van der Waals surface area (Å²) in [5, 5.41) is 13.5. The molecule has 0 aliphatic heterocycles. The Morgan fingerprint density at radius 3 is 2.38 bits per heavy atom. The van der Waals surface area contributed by atoms with Crippen molar-refractivity contribution in [3.63, 3.8) is 0 Å². The third-order valence-electron chi connectivity index (χ3n) is 3.84. The van der Waals surface area contributed by atoms with E-state index in [9.17, 15) is 23.3 Å². The van der Waals surface area contributed by atoms with Crippen LogP contribution in [0.5, 0.6) is 0 Å². The molecule has 0 aromatic heterocycles. The molecule has 1 amide bonds. The topological polar surface area (TPSA) is 118 Å². The summed E-state index contributed by atoms with van der Waals surface area (Å²) in [5.41, 5.74) is 0.169. The molecule has 0 atom stereocenters. The van der Waals surface area contributed by atoms with Crippen molar-refractivity contribution in [2.45, 2.75) is 4.90 Å². The number of sulfonamides is 1. The minimum absolute atomic E-state index is 0.0705. The molecule has 148 valence electrons. The van der Waals surface area contributed by atoms with Gasteiger partial charge in [0.1, 0.15) is 0 Å². The number of non-ortho nitro benzene ring substituents is 1. The van der Waals surface area contributed by atoms with Crippen LogP contribution in [-0.4, -0.2) is 19.2 Å². The zero-order valence-corrected chi connectivity index (χ0v) is 16.3. The Labute approximate surface area is 171 Å². The molecule has 29 heavy (non-hydrogen) atoms. The van der Waals surface area contributed by atoms with Crippen molar-refractivity contribution >= 4 is 44.6 Å². The summed E-state index contributed by atoms with van der Waals surface area (Å²) in [4.78, 5) is 22.9. The monoisotopic (exact) mass is 431 g/mol. The lowest BCUT2D eigenvalue weighted by Crippen LogP contribution is -2.15. The van der Waals surface area contributed by atoms with Gasteiger partial charge in [0.15, 0.2) is 0 Å². The molecule has 0 saturated carbocycles. The number of nitro benzene ring substituents is 1. The SMILES string of the molecule is O=C(Nc1cc([N+](=O)[O-])ccc1Cl)c1cccc(NS(=O)(=O)c2ccccc2)c1. The van der Waals surface area contributed by atoms with Crippen LogP contribution in [0.4, 0.5) is 17.1 Å². The third-order valence-corrected chi connectivity index (χ3v) is 5.57. The highest BCUT2D eigenvalue weighted by Gasteiger charge is 2.16. The van der Waals surface area contributed by atoms with E-state index in [1.165, 1.54) is 48.5 Å². The van der Waals surface area contributed by atoms with E-state index in [0.29, 0.717) is 0 Å². The van der Waals surface area contributed by atoms with Crippen molar-refractivity contribution in [3.8, 4) is 0 Å². The second-order valence-electron chi connectivity index (χ2n) is 5.87. The molecule has 0 unspecified atom stereocenters. The van der Waals surface area contributed by atoms with Gasteiger partial charge in [-0.05, 0) is 36.4 Å². The third kappa shape index (κ3) is 4.89. The molecule has 0 bridgehead atoms. The Kier molecular flexibility index (Phi) is 5.81. The van der Waals surface area contributed by atoms with Gasteiger partial charge in [0.2, 0.25) is 0 Å². The first-order chi connectivity index (χ1) is 13.8. The highest BCUT2D eigenvalue weighted by Crippen LogP contribution is 2.27. The first-order valence-corrected chi connectivity index (χ1v) is 10.1. The summed E-state index contributed by atoms with van der Waals surface area (Å²) in [6.45, 7) is 0. The summed E-state index contributed by atoms with van der Waals surface area (Å²) in [5.74, 6) is -0.604. The van der Waals surface area contributed by atoms with E-state index in [1.54, 1.807) is 18.2 Å². The standard InChI is InChI=1S/C19H14ClN3O5S/c20-17-10-9-15(23(25)26)12-18(17)21-19(24)13-5-4-6-14(11-13)22-29(27,28)16-7-2-1-3-8-16/h1-12,22H,(H,21,24). The fourth-order valence-electron chi connectivity index (χ4n) is 2.45. The van der Waals surface area contributed by atoms with Gasteiger partial charge in [-0.1, -0.05) is 35.9 Å². The Balaban J connectivity index is 1.82. The second kappa shape index (κ2) is 8.29. The minimum Gasteiger partial charge on any atom is -0.320 e. The van der Waals surface area contributed by atoms with Gasteiger partial charge in [-0.15, -0.1) is 0 Å². The molecule has 2 N–H and O–H groups in total. The van der Waals surface area contributed by atoms with Crippen molar-refractivity contribution in [3.05, 3.63) is 93.5 Å². The highest BCUT2D eigenvalue weighted by molar-refractivity contribution is 7.92. The van der Waals surface area contributed by atoms with E-state index < -0.39 is 20.9 Å². The number of halogens is 1. The van der Waals surface area contributed by atoms with Crippen LogP contribution < -0.4 is 10.0 Å². The van der Waals surface area contributed by atoms with Crippen LogP contribution in [0, 0.1) is 10.1 Å². The van der Waals surface area contributed by atoms with Gasteiger partial charge >= 0.3 is 0 Å². The fraction of sp³-hybridized carbons (Fsp3) is 0. The lowest BCUT2D eigenvalue weighted by Gasteiger charge is -2.10.